The predicted octanol–water partition coefficient (Wildman–Crippen LogP) is 1.58. The van der Waals surface area contributed by atoms with E-state index in [-0.39, 0.29) is 5.90 Å². The predicted molar refractivity (Wildman–Crippen MR) is 42.6 cm³/mol. The van der Waals surface area contributed by atoms with Gasteiger partial charge in [0.25, 0.3) is 0 Å². The van der Waals surface area contributed by atoms with Crippen LogP contribution in [-0.2, 0) is 4.74 Å². The minimum Gasteiger partial charge on any atom is -0.478 e. The second-order valence-electron chi connectivity index (χ2n) is 2.15. The van der Waals surface area contributed by atoms with E-state index in [2.05, 4.69) is 4.98 Å². The minimum absolute atomic E-state index is 0.0514. The Hall–Kier alpha value is -1.45. The molecule has 12 heavy (non-hydrogen) atoms. The van der Waals surface area contributed by atoms with Crippen LogP contribution in [0.25, 0.3) is 0 Å². The van der Waals surface area contributed by atoms with Crippen LogP contribution in [0.5, 0.6) is 0 Å². The lowest BCUT2D eigenvalue weighted by Gasteiger charge is -2.03. The van der Waals surface area contributed by atoms with E-state index < -0.39 is 5.82 Å². The first-order chi connectivity index (χ1) is 5.74. The van der Waals surface area contributed by atoms with E-state index in [0.29, 0.717) is 12.2 Å². The zero-order chi connectivity index (χ0) is 8.97. The van der Waals surface area contributed by atoms with Gasteiger partial charge in [-0.15, -0.1) is 0 Å². The molecular weight excluding hydrogens is 159 g/mol. The molecule has 0 saturated heterocycles. The summed E-state index contributed by atoms with van der Waals surface area (Å²) in [5.41, 5.74) is 0.358. The molecule has 0 aliphatic heterocycles. The van der Waals surface area contributed by atoms with Crippen LogP contribution >= 0.6 is 0 Å². The van der Waals surface area contributed by atoms with Crippen LogP contribution in [0.3, 0.4) is 0 Å². The highest BCUT2D eigenvalue weighted by Crippen LogP contribution is 2.02. The van der Waals surface area contributed by atoms with Gasteiger partial charge in [-0.2, -0.15) is 0 Å². The summed E-state index contributed by atoms with van der Waals surface area (Å²) in [5, 5.41) is 7.30. The Balaban J connectivity index is 2.81. The Kier molecular flexibility index (Phi) is 2.74. The standard InChI is InChI=1S/C8H9FN2O/c1-2-12-8(10)6-3-7(9)5-11-4-6/h3-5,10H,2H2,1H3. The van der Waals surface area contributed by atoms with E-state index in [0.717, 1.165) is 6.20 Å². The number of nitrogens with one attached hydrogen (secondary N) is 1. The number of hydrogen-bond donors (Lipinski definition) is 1. The molecule has 0 bridgehead atoms. The Labute approximate surface area is 69.7 Å². The summed E-state index contributed by atoms with van der Waals surface area (Å²) in [6.07, 6.45) is 2.48. The molecular formula is C8H9FN2O. The molecule has 0 aromatic carbocycles. The van der Waals surface area contributed by atoms with Gasteiger partial charge in [-0.05, 0) is 13.0 Å². The van der Waals surface area contributed by atoms with E-state index in [4.69, 9.17) is 10.1 Å². The van der Waals surface area contributed by atoms with E-state index in [1.165, 1.54) is 12.3 Å². The van der Waals surface area contributed by atoms with Crippen molar-refractivity contribution < 1.29 is 9.13 Å². The fourth-order valence-corrected chi connectivity index (χ4v) is 0.764. The first kappa shape index (κ1) is 8.64. The molecule has 1 N–H and O–H groups in total. The molecule has 0 aliphatic rings. The monoisotopic (exact) mass is 168 g/mol. The van der Waals surface area contributed by atoms with Crippen LogP contribution < -0.4 is 0 Å². The number of hydrogen-bond acceptors (Lipinski definition) is 3. The van der Waals surface area contributed by atoms with Gasteiger partial charge in [0.05, 0.1) is 18.4 Å². The maximum atomic E-state index is 12.6. The second kappa shape index (κ2) is 3.80. The molecule has 0 aliphatic carbocycles. The van der Waals surface area contributed by atoms with Gasteiger partial charge in [0.2, 0.25) is 5.90 Å². The van der Waals surface area contributed by atoms with E-state index in [1.54, 1.807) is 6.92 Å². The smallest absolute Gasteiger partial charge is 0.214 e. The van der Waals surface area contributed by atoms with Gasteiger partial charge in [-0.1, -0.05) is 0 Å². The number of rotatable bonds is 2. The Morgan fingerprint density at radius 1 is 1.67 bits per heavy atom. The molecule has 0 spiro atoms. The number of ether oxygens (including phenoxy) is 1. The highest BCUT2D eigenvalue weighted by molar-refractivity contribution is 5.91. The third kappa shape index (κ3) is 2.02. The fourth-order valence-electron chi connectivity index (χ4n) is 0.764. The van der Waals surface area contributed by atoms with Crippen LogP contribution in [0.15, 0.2) is 18.5 Å². The molecule has 1 heterocycles. The van der Waals surface area contributed by atoms with Crippen molar-refractivity contribution in [2.24, 2.45) is 0 Å². The molecule has 0 atom stereocenters. The van der Waals surface area contributed by atoms with E-state index in [1.807, 2.05) is 0 Å². The van der Waals surface area contributed by atoms with Gasteiger partial charge in [0, 0.05) is 6.20 Å². The van der Waals surface area contributed by atoms with Crippen molar-refractivity contribution in [1.82, 2.24) is 4.98 Å². The molecule has 0 fully saturated rings. The topological polar surface area (TPSA) is 46.0 Å². The zero-order valence-electron chi connectivity index (χ0n) is 6.67. The highest BCUT2D eigenvalue weighted by Gasteiger charge is 2.02. The van der Waals surface area contributed by atoms with Crippen molar-refractivity contribution in [3.05, 3.63) is 29.8 Å². The van der Waals surface area contributed by atoms with Gasteiger partial charge in [0.1, 0.15) is 5.82 Å². The van der Waals surface area contributed by atoms with Crippen molar-refractivity contribution in [1.29, 1.82) is 5.41 Å². The first-order valence-electron chi connectivity index (χ1n) is 3.56. The quantitative estimate of drug-likeness (QED) is 0.538. The van der Waals surface area contributed by atoms with Gasteiger partial charge in [-0.25, -0.2) is 4.39 Å². The number of aromatic nitrogens is 1. The average molecular weight is 168 g/mol. The van der Waals surface area contributed by atoms with Gasteiger partial charge in [0.15, 0.2) is 0 Å². The Bertz CT molecular complexity index is 288. The maximum absolute atomic E-state index is 12.6. The van der Waals surface area contributed by atoms with E-state index >= 15 is 0 Å². The average Bonchev–Trinajstić information content (AvgIpc) is 2.05. The van der Waals surface area contributed by atoms with Crippen LogP contribution in [0, 0.1) is 11.2 Å². The molecule has 0 saturated carbocycles. The van der Waals surface area contributed by atoms with Crippen LogP contribution in [0.1, 0.15) is 12.5 Å². The van der Waals surface area contributed by atoms with Crippen LogP contribution in [0.2, 0.25) is 0 Å². The molecule has 0 unspecified atom stereocenters. The van der Waals surface area contributed by atoms with Crippen LogP contribution in [-0.4, -0.2) is 17.5 Å². The summed E-state index contributed by atoms with van der Waals surface area (Å²) in [5.74, 6) is -0.513. The largest absolute Gasteiger partial charge is 0.478 e. The lowest BCUT2D eigenvalue weighted by atomic mass is 10.3. The molecule has 4 heteroatoms. The van der Waals surface area contributed by atoms with Gasteiger partial charge < -0.3 is 4.74 Å². The second-order valence-corrected chi connectivity index (χ2v) is 2.15. The van der Waals surface area contributed by atoms with Crippen LogP contribution in [0.4, 0.5) is 4.39 Å². The third-order valence-corrected chi connectivity index (χ3v) is 1.26. The summed E-state index contributed by atoms with van der Waals surface area (Å²) in [4.78, 5) is 3.59. The minimum atomic E-state index is -0.461. The molecule has 1 aromatic heterocycles. The fraction of sp³-hybridized carbons (Fsp3) is 0.250. The SMILES string of the molecule is CCOC(=N)c1cncc(F)c1. The van der Waals surface area contributed by atoms with Crippen molar-refractivity contribution >= 4 is 5.90 Å². The Morgan fingerprint density at radius 3 is 3.00 bits per heavy atom. The van der Waals surface area contributed by atoms with Gasteiger partial charge in [-0.3, -0.25) is 10.4 Å². The molecule has 1 aromatic rings. The highest BCUT2D eigenvalue weighted by atomic mass is 19.1. The number of halogens is 1. The lowest BCUT2D eigenvalue weighted by molar-refractivity contribution is 0.325. The third-order valence-electron chi connectivity index (χ3n) is 1.26. The summed E-state index contributed by atoms with van der Waals surface area (Å²) < 4.78 is 17.4. The number of nitrogens with zero attached hydrogens (tertiary/aromatic N) is 1. The molecule has 64 valence electrons. The van der Waals surface area contributed by atoms with Crippen molar-refractivity contribution in [3.8, 4) is 0 Å². The van der Waals surface area contributed by atoms with Crippen molar-refractivity contribution in [3.63, 3.8) is 0 Å². The summed E-state index contributed by atoms with van der Waals surface area (Å²) >= 11 is 0. The normalized spacial score (nSPS) is 9.50. The summed E-state index contributed by atoms with van der Waals surface area (Å²) in [6, 6.07) is 1.21. The first-order valence-corrected chi connectivity index (χ1v) is 3.56. The molecule has 0 amide bonds. The number of pyridine rings is 1. The lowest BCUT2D eigenvalue weighted by Crippen LogP contribution is -2.05. The molecule has 1 rings (SSSR count). The van der Waals surface area contributed by atoms with Crippen molar-refractivity contribution in [2.45, 2.75) is 6.92 Å². The zero-order valence-corrected chi connectivity index (χ0v) is 6.67. The molecule has 3 nitrogen and oxygen atoms in total. The maximum Gasteiger partial charge on any atom is 0.214 e. The Morgan fingerprint density at radius 2 is 2.42 bits per heavy atom. The summed E-state index contributed by atoms with van der Waals surface area (Å²) in [6.45, 7) is 2.16. The molecule has 0 radical (unpaired) electrons. The van der Waals surface area contributed by atoms with Gasteiger partial charge >= 0.3 is 0 Å². The van der Waals surface area contributed by atoms with Crippen molar-refractivity contribution in [2.75, 3.05) is 6.61 Å². The van der Waals surface area contributed by atoms with E-state index in [9.17, 15) is 4.39 Å². The summed E-state index contributed by atoms with van der Waals surface area (Å²) in [7, 11) is 0.